The first-order chi connectivity index (χ1) is 10.5. The molecule has 0 aromatic heterocycles. The third-order valence-corrected chi connectivity index (χ3v) is 4.11. The highest BCUT2D eigenvalue weighted by molar-refractivity contribution is 5.67. The summed E-state index contributed by atoms with van der Waals surface area (Å²) in [5.41, 5.74) is 4.76. The minimum Gasteiger partial charge on any atom is -0.444 e. The molecule has 1 amide bonds. The second-order valence-electron chi connectivity index (χ2n) is 7.82. The van der Waals surface area contributed by atoms with Gasteiger partial charge in [-0.25, -0.2) is 4.79 Å². The SMILES string of the molecule is CC(C)(C)OC(=O)NCC12COC(O1)C(N)C1OC(C)(C)OC12. The summed E-state index contributed by atoms with van der Waals surface area (Å²) in [6, 6.07) is -0.432. The molecule has 0 aromatic rings. The number of carbonyl (C=O) groups is 1. The Morgan fingerprint density at radius 1 is 1.30 bits per heavy atom. The van der Waals surface area contributed by atoms with E-state index in [1.807, 2.05) is 34.6 Å². The molecule has 0 saturated carbocycles. The van der Waals surface area contributed by atoms with E-state index >= 15 is 0 Å². The first-order valence-electron chi connectivity index (χ1n) is 7.89. The maximum Gasteiger partial charge on any atom is 0.407 e. The van der Waals surface area contributed by atoms with E-state index in [1.165, 1.54) is 0 Å². The van der Waals surface area contributed by atoms with E-state index < -0.39 is 41.5 Å². The van der Waals surface area contributed by atoms with Crippen LogP contribution in [0.25, 0.3) is 0 Å². The first kappa shape index (κ1) is 16.9. The van der Waals surface area contributed by atoms with Gasteiger partial charge in [0.2, 0.25) is 0 Å². The highest BCUT2D eigenvalue weighted by Gasteiger charge is 2.65. The van der Waals surface area contributed by atoms with Crippen LogP contribution in [0, 0.1) is 0 Å². The molecule has 8 heteroatoms. The molecular formula is C15H26N2O6. The summed E-state index contributed by atoms with van der Waals surface area (Å²) >= 11 is 0. The molecule has 2 bridgehead atoms. The second kappa shape index (κ2) is 5.29. The summed E-state index contributed by atoms with van der Waals surface area (Å²) in [6.45, 7) is 9.57. The maximum atomic E-state index is 11.9. The van der Waals surface area contributed by atoms with Crippen molar-refractivity contribution < 1.29 is 28.5 Å². The fourth-order valence-corrected chi connectivity index (χ4v) is 3.22. The van der Waals surface area contributed by atoms with Crippen molar-refractivity contribution in [1.29, 1.82) is 0 Å². The van der Waals surface area contributed by atoms with E-state index in [2.05, 4.69) is 5.32 Å². The van der Waals surface area contributed by atoms with E-state index in [4.69, 9.17) is 29.4 Å². The van der Waals surface area contributed by atoms with Gasteiger partial charge in [0.25, 0.3) is 0 Å². The van der Waals surface area contributed by atoms with Crippen LogP contribution in [0.2, 0.25) is 0 Å². The highest BCUT2D eigenvalue weighted by Crippen LogP contribution is 2.45. The van der Waals surface area contributed by atoms with Gasteiger partial charge in [-0.1, -0.05) is 0 Å². The summed E-state index contributed by atoms with van der Waals surface area (Å²) < 4.78 is 28.8. The topological polar surface area (TPSA) is 101 Å². The molecule has 132 valence electrons. The van der Waals surface area contributed by atoms with Crippen molar-refractivity contribution in [2.45, 2.75) is 76.1 Å². The lowest BCUT2D eigenvalue weighted by Crippen LogP contribution is -2.65. The molecule has 3 fully saturated rings. The molecule has 0 aromatic carbocycles. The van der Waals surface area contributed by atoms with Gasteiger partial charge >= 0.3 is 6.09 Å². The number of amides is 1. The number of carbonyl (C=O) groups excluding carboxylic acids is 1. The van der Waals surface area contributed by atoms with Gasteiger partial charge < -0.3 is 34.7 Å². The predicted octanol–water partition coefficient (Wildman–Crippen LogP) is 0.484. The Labute approximate surface area is 135 Å². The van der Waals surface area contributed by atoms with E-state index in [9.17, 15) is 4.79 Å². The number of rotatable bonds is 2. The van der Waals surface area contributed by atoms with E-state index in [0.717, 1.165) is 0 Å². The van der Waals surface area contributed by atoms with Gasteiger partial charge in [0.1, 0.15) is 23.4 Å². The lowest BCUT2D eigenvalue weighted by molar-refractivity contribution is -0.190. The Balaban J connectivity index is 1.71. The van der Waals surface area contributed by atoms with E-state index in [0.29, 0.717) is 0 Å². The Hall–Kier alpha value is -0.930. The quantitative estimate of drug-likeness (QED) is 0.759. The minimum atomic E-state index is -0.824. The monoisotopic (exact) mass is 330 g/mol. The molecule has 0 aliphatic carbocycles. The molecule has 3 saturated heterocycles. The molecular weight excluding hydrogens is 304 g/mol. The first-order valence-corrected chi connectivity index (χ1v) is 7.89. The van der Waals surface area contributed by atoms with Crippen molar-refractivity contribution in [3.8, 4) is 0 Å². The van der Waals surface area contributed by atoms with Crippen LogP contribution in [0.15, 0.2) is 0 Å². The standard InChI is InChI=1S/C15H26N2O6/c1-13(2,3)23-12(18)17-6-15-7-19-11(22-15)8(16)9-10(15)21-14(4,5)20-9/h8-11H,6-7,16H2,1-5H3,(H,17,18). The number of hydrogen-bond donors (Lipinski definition) is 2. The number of nitrogens with one attached hydrogen (secondary N) is 1. The predicted molar refractivity (Wildman–Crippen MR) is 79.6 cm³/mol. The van der Waals surface area contributed by atoms with Gasteiger partial charge in [-0.15, -0.1) is 0 Å². The van der Waals surface area contributed by atoms with Crippen LogP contribution >= 0.6 is 0 Å². The van der Waals surface area contributed by atoms with Gasteiger partial charge in [0, 0.05) is 0 Å². The molecule has 3 heterocycles. The molecule has 8 nitrogen and oxygen atoms in total. The molecule has 3 N–H and O–H groups in total. The summed E-state index contributed by atoms with van der Waals surface area (Å²) in [5.74, 6) is -0.750. The largest absolute Gasteiger partial charge is 0.444 e. The average molecular weight is 330 g/mol. The molecule has 3 rings (SSSR count). The van der Waals surface area contributed by atoms with Crippen molar-refractivity contribution in [3.63, 3.8) is 0 Å². The molecule has 23 heavy (non-hydrogen) atoms. The normalized spacial score (nSPS) is 41.5. The van der Waals surface area contributed by atoms with Gasteiger partial charge in [-0.2, -0.15) is 0 Å². The smallest absolute Gasteiger partial charge is 0.407 e. The fourth-order valence-electron chi connectivity index (χ4n) is 3.22. The minimum absolute atomic E-state index is 0.200. The summed E-state index contributed by atoms with van der Waals surface area (Å²) in [6.07, 6.45) is -1.83. The number of ether oxygens (including phenoxy) is 5. The van der Waals surface area contributed by atoms with Crippen LogP contribution in [-0.4, -0.2) is 60.8 Å². The third kappa shape index (κ3) is 3.18. The molecule has 5 unspecified atom stereocenters. The third-order valence-electron chi connectivity index (χ3n) is 4.11. The van der Waals surface area contributed by atoms with Crippen molar-refractivity contribution in [2.24, 2.45) is 5.73 Å². The van der Waals surface area contributed by atoms with Crippen LogP contribution < -0.4 is 11.1 Å². The summed E-state index contributed by atoms with van der Waals surface area (Å²) in [7, 11) is 0. The second-order valence-corrected chi connectivity index (χ2v) is 7.82. The van der Waals surface area contributed by atoms with Gasteiger partial charge in [-0.3, -0.25) is 0 Å². The average Bonchev–Trinajstić information content (AvgIpc) is 2.93. The zero-order valence-electron chi connectivity index (χ0n) is 14.3. The van der Waals surface area contributed by atoms with E-state index in [1.54, 1.807) is 0 Å². The molecule has 0 radical (unpaired) electrons. The molecule has 3 aliphatic rings. The van der Waals surface area contributed by atoms with Crippen LogP contribution in [0.4, 0.5) is 4.79 Å². The van der Waals surface area contributed by atoms with Crippen LogP contribution in [0.1, 0.15) is 34.6 Å². The van der Waals surface area contributed by atoms with Crippen molar-refractivity contribution in [1.82, 2.24) is 5.32 Å². The molecule has 0 spiro atoms. The van der Waals surface area contributed by atoms with Crippen molar-refractivity contribution in [2.75, 3.05) is 13.2 Å². The van der Waals surface area contributed by atoms with Crippen LogP contribution in [0.3, 0.4) is 0 Å². The fraction of sp³-hybridized carbons (Fsp3) is 0.933. The van der Waals surface area contributed by atoms with Crippen LogP contribution in [0.5, 0.6) is 0 Å². The zero-order valence-corrected chi connectivity index (χ0v) is 14.3. The Bertz CT molecular complexity index is 491. The zero-order chi connectivity index (χ0) is 17.0. The maximum absolute atomic E-state index is 11.9. The number of alkyl carbamates (subject to hydrolysis) is 1. The van der Waals surface area contributed by atoms with Gasteiger partial charge in [0.15, 0.2) is 12.1 Å². The lowest BCUT2D eigenvalue weighted by Gasteiger charge is -2.41. The molecule has 3 aliphatic heterocycles. The van der Waals surface area contributed by atoms with Crippen molar-refractivity contribution in [3.05, 3.63) is 0 Å². The van der Waals surface area contributed by atoms with Gasteiger partial charge in [0.05, 0.1) is 19.2 Å². The van der Waals surface area contributed by atoms with Crippen molar-refractivity contribution >= 4 is 6.09 Å². The lowest BCUT2D eigenvalue weighted by atomic mass is 9.88. The van der Waals surface area contributed by atoms with Gasteiger partial charge in [-0.05, 0) is 34.6 Å². The summed E-state index contributed by atoms with van der Waals surface area (Å²) in [5, 5.41) is 2.74. The highest BCUT2D eigenvalue weighted by atomic mass is 16.8. The number of nitrogens with two attached hydrogens (primary N) is 1. The van der Waals surface area contributed by atoms with E-state index in [-0.39, 0.29) is 19.3 Å². The summed E-state index contributed by atoms with van der Waals surface area (Å²) in [4.78, 5) is 11.9. The number of hydrogen-bond acceptors (Lipinski definition) is 7. The number of fused-ring (bicyclic) bond motifs is 4. The Morgan fingerprint density at radius 3 is 2.65 bits per heavy atom. The Kier molecular flexibility index (Phi) is 3.89. The Morgan fingerprint density at radius 2 is 2.00 bits per heavy atom. The molecule has 5 atom stereocenters. The van der Waals surface area contributed by atoms with Crippen LogP contribution in [-0.2, 0) is 23.7 Å².